The first kappa shape index (κ1) is 12.5. The monoisotopic (exact) mass is 297 g/mol. The molecule has 1 N–H and O–H groups in total. The van der Waals surface area contributed by atoms with Gasteiger partial charge in [-0.1, -0.05) is 0 Å². The average molecular weight is 298 g/mol. The molecular weight excluding hydrogens is 282 g/mol. The van der Waals surface area contributed by atoms with Gasteiger partial charge in [0.15, 0.2) is 0 Å². The summed E-state index contributed by atoms with van der Waals surface area (Å²) >= 11 is 3.31. The highest BCUT2D eigenvalue weighted by Gasteiger charge is 2.20. The van der Waals surface area contributed by atoms with Crippen LogP contribution in [0.1, 0.15) is 16.8 Å². The van der Waals surface area contributed by atoms with E-state index in [0.29, 0.717) is 11.5 Å². The van der Waals surface area contributed by atoms with Crippen molar-refractivity contribution in [2.24, 2.45) is 5.92 Å². The van der Waals surface area contributed by atoms with Crippen LogP contribution in [0.4, 0.5) is 0 Å². The normalized spacial score (nSPS) is 20.5. The Morgan fingerprint density at radius 3 is 3.12 bits per heavy atom. The summed E-state index contributed by atoms with van der Waals surface area (Å²) in [6.45, 7) is 2.94. The number of carbonyl (C=O) groups excluding carboxylic acids is 1. The molecule has 0 aromatic carbocycles. The number of carbonyl (C=O) groups is 1. The van der Waals surface area contributed by atoms with Crippen molar-refractivity contribution in [3.05, 3.63) is 28.5 Å². The number of likely N-dealkylation sites (tertiary alicyclic amines) is 1. The standard InChI is InChI=1S/C12H16BrN3O/c1-16-3-2-9(8-16)5-15-12(17)10-4-11(13)7-14-6-10/h4,6-7,9H,2-3,5,8H2,1H3,(H,15,17). The minimum Gasteiger partial charge on any atom is -0.352 e. The van der Waals surface area contributed by atoms with E-state index in [1.165, 1.54) is 0 Å². The molecule has 1 atom stereocenters. The quantitative estimate of drug-likeness (QED) is 0.920. The molecular formula is C12H16BrN3O. The zero-order valence-corrected chi connectivity index (χ0v) is 11.4. The molecule has 17 heavy (non-hydrogen) atoms. The Hall–Kier alpha value is -0.940. The Morgan fingerprint density at radius 1 is 1.65 bits per heavy atom. The third-order valence-electron chi connectivity index (χ3n) is 3.01. The first-order valence-corrected chi connectivity index (χ1v) is 6.52. The van der Waals surface area contributed by atoms with Gasteiger partial charge < -0.3 is 10.2 Å². The highest BCUT2D eigenvalue weighted by atomic mass is 79.9. The van der Waals surface area contributed by atoms with Crippen LogP contribution in [0.15, 0.2) is 22.9 Å². The Morgan fingerprint density at radius 2 is 2.47 bits per heavy atom. The molecule has 1 aliphatic rings. The van der Waals surface area contributed by atoms with Crippen LogP contribution in [0.5, 0.6) is 0 Å². The fourth-order valence-electron chi connectivity index (χ4n) is 2.07. The van der Waals surface area contributed by atoms with Gasteiger partial charge in [0, 0.05) is 30.0 Å². The highest BCUT2D eigenvalue weighted by Crippen LogP contribution is 2.13. The number of amides is 1. The van der Waals surface area contributed by atoms with Crippen LogP contribution in [0.25, 0.3) is 0 Å². The predicted molar refractivity (Wildman–Crippen MR) is 69.9 cm³/mol. The second-order valence-corrected chi connectivity index (χ2v) is 5.43. The molecule has 0 radical (unpaired) electrons. The molecule has 2 rings (SSSR count). The summed E-state index contributed by atoms with van der Waals surface area (Å²) in [6, 6.07) is 1.78. The molecule has 1 fully saturated rings. The first-order valence-electron chi connectivity index (χ1n) is 5.72. The molecule has 1 aromatic heterocycles. The van der Waals surface area contributed by atoms with Gasteiger partial charge in [-0.2, -0.15) is 0 Å². The number of nitrogens with one attached hydrogen (secondary N) is 1. The van der Waals surface area contributed by atoms with E-state index in [2.05, 4.69) is 38.2 Å². The van der Waals surface area contributed by atoms with Crippen LogP contribution < -0.4 is 5.32 Å². The van der Waals surface area contributed by atoms with Crippen molar-refractivity contribution in [1.29, 1.82) is 0 Å². The lowest BCUT2D eigenvalue weighted by Crippen LogP contribution is -2.30. The molecule has 1 amide bonds. The van der Waals surface area contributed by atoms with E-state index in [0.717, 1.165) is 30.5 Å². The lowest BCUT2D eigenvalue weighted by Gasteiger charge is -2.11. The average Bonchev–Trinajstić information content (AvgIpc) is 2.72. The maximum Gasteiger partial charge on any atom is 0.252 e. The van der Waals surface area contributed by atoms with Crippen LogP contribution in [0.2, 0.25) is 0 Å². The van der Waals surface area contributed by atoms with Gasteiger partial charge in [0.05, 0.1) is 5.56 Å². The Bertz CT molecular complexity index is 410. The zero-order chi connectivity index (χ0) is 12.3. The largest absolute Gasteiger partial charge is 0.352 e. The van der Waals surface area contributed by atoms with Crippen molar-refractivity contribution in [2.75, 3.05) is 26.7 Å². The lowest BCUT2D eigenvalue weighted by atomic mass is 10.1. The van der Waals surface area contributed by atoms with Gasteiger partial charge in [-0.15, -0.1) is 0 Å². The predicted octanol–water partition coefficient (Wildman–Crippen LogP) is 1.53. The van der Waals surface area contributed by atoms with E-state index in [1.54, 1.807) is 18.5 Å². The van der Waals surface area contributed by atoms with Crippen LogP contribution >= 0.6 is 15.9 Å². The minimum atomic E-state index is -0.0478. The van der Waals surface area contributed by atoms with E-state index >= 15 is 0 Å². The van der Waals surface area contributed by atoms with Gasteiger partial charge in [-0.05, 0) is 47.9 Å². The van der Waals surface area contributed by atoms with E-state index in [1.807, 2.05) is 0 Å². The molecule has 92 valence electrons. The number of rotatable bonds is 3. The Labute approximate surface area is 110 Å². The third-order valence-corrected chi connectivity index (χ3v) is 3.44. The van der Waals surface area contributed by atoms with E-state index in [4.69, 9.17) is 0 Å². The summed E-state index contributed by atoms with van der Waals surface area (Å²) in [5.41, 5.74) is 0.603. The van der Waals surface area contributed by atoms with Crippen LogP contribution in [0.3, 0.4) is 0 Å². The Kier molecular flexibility index (Phi) is 4.12. The molecule has 0 spiro atoms. The van der Waals surface area contributed by atoms with Crippen molar-refractivity contribution in [3.8, 4) is 0 Å². The van der Waals surface area contributed by atoms with Crippen molar-refractivity contribution in [3.63, 3.8) is 0 Å². The third kappa shape index (κ3) is 3.51. The number of hydrogen-bond acceptors (Lipinski definition) is 3. The number of nitrogens with zero attached hydrogens (tertiary/aromatic N) is 2. The summed E-state index contributed by atoms with van der Waals surface area (Å²) in [6.07, 6.45) is 4.41. The summed E-state index contributed by atoms with van der Waals surface area (Å²) in [7, 11) is 2.11. The van der Waals surface area contributed by atoms with Crippen molar-refractivity contribution in [1.82, 2.24) is 15.2 Å². The van der Waals surface area contributed by atoms with Crippen LogP contribution in [-0.4, -0.2) is 42.5 Å². The highest BCUT2D eigenvalue weighted by molar-refractivity contribution is 9.10. The van der Waals surface area contributed by atoms with Gasteiger partial charge in [0.1, 0.15) is 0 Å². The number of aromatic nitrogens is 1. The molecule has 0 aliphatic carbocycles. The number of hydrogen-bond donors (Lipinski definition) is 1. The second kappa shape index (κ2) is 5.60. The maximum atomic E-state index is 11.8. The number of halogens is 1. The van der Waals surface area contributed by atoms with E-state index < -0.39 is 0 Å². The van der Waals surface area contributed by atoms with Crippen molar-refractivity contribution in [2.45, 2.75) is 6.42 Å². The van der Waals surface area contributed by atoms with Gasteiger partial charge >= 0.3 is 0 Å². The molecule has 1 saturated heterocycles. The van der Waals surface area contributed by atoms with Crippen LogP contribution in [0, 0.1) is 5.92 Å². The summed E-state index contributed by atoms with van der Waals surface area (Å²) in [4.78, 5) is 18.1. The Balaban J connectivity index is 1.85. The second-order valence-electron chi connectivity index (χ2n) is 4.52. The fraction of sp³-hybridized carbons (Fsp3) is 0.500. The van der Waals surface area contributed by atoms with Gasteiger partial charge in [0.2, 0.25) is 0 Å². The smallest absolute Gasteiger partial charge is 0.252 e. The van der Waals surface area contributed by atoms with E-state index in [9.17, 15) is 4.79 Å². The molecule has 5 heteroatoms. The minimum absolute atomic E-state index is 0.0478. The van der Waals surface area contributed by atoms with E-state index in [-0.39, 0.29) is 5.91 Å². The zero-order valence-electron chi connectivity index (χ0n) is 9.82. The number of pyridine rings is 1. The molecule has 1 unspecified atom stereocenters. The van der Waals surface area contributed by atoms with Gasteiger partial charge in [0.25, 0.3) is 5.91 Å². The molecule has 0 bridgehead atoms. The molecule has 1 aromatic rings. The summed E-state index contributed by atoms with van der Waals surface area (Å²) in [5.74, 6) is 0.525. The molecule has 0 saturated carbocycles. The van der Waals surface area contributed by atoms with Crippen molar-refractivity contribution >= 4 is 21.8 Å². The molecule has 2 heterocycles. The SMILES string of the molecule is CN1CCC(CNC(=O)c2cncc(Br)c2)C1. The lowest BCUT2D eigenvalue weighted by molar-refractivity contribution is 0.0947. The van der Waals surface area contributed by atoms with Gasteiger partial charge in [-0.3, -0.25) is 9.78 Å². The van der Waals surface area contributed by atoms with Crippen molar-refractivity contribution < 1.29 is 4.79 Å². The summed E-state index contributed by atoms with van der Waals surface area (Å²) in [5, 5.41) is 2.96. The fourth-order valence-corrected chi connectivity index (χ4v) is 2.43. The maximum absolute atomic E-state index is 11.8. The molecule has 1 aliphatic heterocycles. The van der Waals surface area contributed by atoms with Crippen LogP contribution in [-0.2, 0) is 0 Å². The first-order chi connectivity index (χ1) is 8.15. The summed E-state index contributed by atoms with van der Waals surface area (Å²) < 4.78 is 0.825. The molecule has 4 nitrogen and oxygen atoms in total. The topological polar surface area (TPSA) is 45.2 Å². The van der Waals surface area contributed by atoms with Gasteiger partial charge in [-0.25, -0.2) is 0 Å².